The van der Waals surface area contributed by atoms with Crippen LogP contribution in [0.1, 0.15) is 19.3 Å². The van der Waals surface area contributed by atoms with E-state index in [0.717, 1.165) is 19.3 Å². The van der Waals surface area contributed by atoms with Crippen molar-refractivity contribution in [1.82, 2.24) is 19.7 Å². The minimum Gasteiger partial charge on any atom is -0.496 e. The van der Waals surface area contributed by atoms with E-state index in [9.17, 15) is 13.5 Å². The van der Waals surface area contributed by atoms with Crippen LogP contribution in [0.25, 0.3) is 17.1 Å². The Labute approximate surface area is 209 Å². The molecular weight excluding hydrogens is 492 g/mol. The number of aromatic nitrogens is 3. The van der Waals surface area contributed by atoms with Crippen molar-refractivity contribution < 1.29 is 23.0 Å². The third-order valence-electron chi connectivity index (χ3n) is 6.04. The number of hydrogen-bond donors (Lipinski definition) is 1. The molecule has 3 aromatic rings. The lowest BCUT2D eigenvalue weighted by Crippen LogP contribution is -2.42. The highest BCUT2D eigenvalue weighted by Crippen LogP contribution is 2.41. The van der Waals surface area contributed by atoms with E-state index in [0.29, 0.717) is 29.4 Å². The summed E-state index contributed by atoms with van der Waals surface area (Å²) in [7, 11) is -1.10. The number of likely N-dealkylation sites (tertiary alicyclic amines) is 1. The van der Waals surface area contributed by atoms with E-state index in [4.69, 9.17) is 21.1 Å². The summed E-state index contributed by atoms with van der Waals surface area (Å²) in [4.78, 5) is 1.87. The van der Waals surface area contributed by atoms with Crippen LogP contribution >= 0.6 is 11.6 Å². The summed E-state index contributed by atoms with van der Waals surface area (Å²) in [5, 5.41) is 17.8. The minimum absolute atomic E-state index is 0.0422. The zero-order valence-corrected chi connectivity index (χ0v) is 21.1. The number of piperidine rings is 1. The Morgan fingerprint density at radius 1 is 1.09 bits per heavy atom. The summed E-state index contributed by atoms with van der Waals surface area (Å²) in [5.41, 5.74) is 0.715. The quantitative estimate of drug-likeness (QED) is 0.444. The van der Waals surface area contributed by atoms with Gasteiger partial charge in [-0.2, -0.15) is 0 Å². The third kappa shape index (κ3) is 4.61. The molecule has 1 N–H and O–H groups in total. The van der Waals surface area contributed by atoms with Gasteiger partial charge in [0.2, 0.25) is 9.84 Å². The number of nitrogens with zero attached hydrogens (tertiary/aromatic N) is 4. The number of aromatic hydroxyl groups is 1. The van der Waals surface area contributed by atoms with Crippen LogP contribution in [0.15, 0.2) is 53.9 Å². The monoisotopic (exact) mass is 518 g/mol. The van der Waals surface area contributed by atoms with Gasteiger partial charge in [0.05, 0.1) is 30.5 Å². The molecule has 9 nitrogen and oxygen atoms in total. The van der Waals surface area contributed by atoms with Gasteiger partial charge in [0.1, 0.15) is 21.8 Å². The molecule has 0 spiro atoms. The number of sulfone groups is 1. The Kier molecular flexibility index (Phi) is 7.34. The Morgan fingerprint density at radius 2 is 1.77 bits per heavy atom. The maximum atomic E-state index is 13.9. The summed E-state index contributed by atoms with van der Waals surface area (Å²) < 4.78 is 40.1. The van der Waals surface area contributed by atoms with Crippen molar-refractivity contribution in [3.8, 4) is 34.6 Å². The van der Waals surface area contributed by atoms with Crippen molar-refractivity contribution in [2.45, 2.75) is 29.5 Å². The number of hydrogen-bond acceptors (Lipinski definition) is 8. The van der Waals surface area contributed by atoms with Crippen molar-refractivity contribution in [2.24, 2.45) is 0 Å². The first-order valence-corrected chi connectivity index (χ1v) is 13.0. The summed E-state index contributed by atoms with van der Waals surface area (Å²) in [6, 6.07) is 9.36. The van der Waals surface area contributed by atoms with Crippen molar-refractivity contribution in [2.75, 3.05) is 27.3 Å². The highest BCUT2D eigenvalue weighted by molar-refractivity contribution is 7.92. The van der Waals surface area contributed by atoms with Crippen LogP contribution in [0.4, 0.5) is 0 Å². The predicted molar refractivity (Wildman–Crippen MR) is 133 cm³/mol. The van der Waals surface area contributed by atoms with E-state index in [1.807, 2.05) is 4.90 Å². The number of ether oxygens (including phenoxy) is 2. The van der Waals surface area contributed by atoms with Crippen molar-refractivity contribution >= 4 is 21.4 Å². The summed E-state index contributed by atoms with van der Waals surface area (Å²) in [5.74, 6) is 0.566. The highest BCUT2D eigenvalue weighted by Gasteiger charge is 2.35. The smallest absolute Gasteiger partial charge is 0.319 e. The SMILES string of the molecule is C=CC(N1CCCCC1)S(=O)(=O)c1cc(-c2nnc(O)n2-c2ccccc2Cl)c(OC)cc1OC. The Hall–Kier alpha value is -3.08. The van der Waals surface area contributed by atoms with Crippen LogP contribution in [0.3, 0.4) is 0 Å². The van der Waals surface area contributed by atoms with Crippen LogP contribution in [-0.2, 0) is 9.84 Å². The van der Waals surface area contributed by atoms with Crippen LogP contribution < -0.4 is 9.47 Å². The fourth-order valence-electron chi connectivity index (χ4n) is 4.35. The molecule has 1 atom stereocenters. The largest absolute Gasteiger partial charge is 0.496 e. The molecule has 0 aliphatic carbocycles. The second-order valence-corrected chi connectivity index (χ2v) is 10.5. The molecule has 0 bridgehead atoms. The van der Waals surface area contributed by atoms with Crippen LogP contribution in [-0.4, -0.2) is 65.9 Å². The first kappa shape index (κ1) is 25.0. The fourth-order valence-corrected chi connectivity index (χ4v) is 6.39. The molecule has 0 saturated carbocycles. The second kappa shape index (κ2) is 10.3. The molecule has 11 heteroatoms. The van der Waals surface area contributed by atoms with Gasteiger partial charge in [-0.1, -0.05) is 41.3 Å². The lowest BCUT2D eigenvalue weighted by atomic mass is 10.1. The number of rotatable bonds is 8. The zero-order chi connectivity index (χ0) is 25.2. The van der Waals surface area contributed by atoms with Crippen LogP contribution in [0.5, 0.6) is 17.5 Å². The minimum atomic E-state index is -3.95. The Morgan fingerprint density at radius 3 is 2.40 bits per heavy atom. The van der Waals surface area contributed by atoms with Crippen LogP contribution in [0.2, 0.25) is 5.02 Å². The summed E-state index contributed by atoms with van der Waals surface area (Å²) in [6.45, 7) is 5.13. The molecule has 0 radical (unpaired) electrons. The fraction of sp³-hybridized carbons (Fsp3) is 0.333. The van der Waals surface area contributed by atoms with Gasteiger partial charge < -0.3 is 14.6 Å². The van der Waals surface area contributed by atoms with Gasteiger partial charge in [0.25, 0.3) is 0 Å². The van der Waals surface area contributed by atoms with Gasteiger partial charge in [-0.05, 0) is 44.1 Å². The van der Waals surface area contributed by atoms with E-state index in [-0.39, 0.29) is 22.2 Å². The first-order valence-electron chi connectivity index (χ1n) is 11.1. The zero-order valence-electron chi connectivity index (χ0n) is 19.5. The lowest BCUT2D eigenvalue weighted by Gasteiger charge is -2.32. The molecule has 0 amide bonds. The van der Waals surface area contributed by atoms with Crippen molar-refractivity contribution in [1.29, 1.82) is 0 Å². The number of methoxy groups -OCH3 is 2. The molecule has 186 valence electrons. The maximum Gasteiger partial charge on any atom is 0.319 e. The molecule has 4 rings (SSSR count). The molecule has 1 unspecified atom stereocenters. The van der Waals surface area contributed by atoms with E-state index in [2.05, 4.69) is 16.8 Å². The van der Waals surface area contributed by atoms with Gasteiger partial charge in [0.15, 0.2) is 5.82 Å². The van der Waals surface area contributed by atoms with E-state index in [1.54, 1.807) is 24.3 Å². The molecule has 2 aromatic carbocycles. The third-order valence-corrected chi connectivity index (χ3v) is 8.42. The average Bonchev–Trinajstić information content (AvgIpc) is 3.25. The molecule has 35 heavy (non-hydrogen) atoms. The molecular formula is C24H27ClN4O5S. The van der Waals surface area contributed by atoms with Gasteiger partial charge >= 0.3 is 6.01 Å². The van der Waals surface area contributed by atoms with E-state index in [1.165, 1.54) is 37.0 Å². The summed E-state index contributed by atoms with van der Waals surface area (Å²) in [6.07, 6.45) is 4.36. The number of para-hydroxylation sites is 1. The lowest BCUT2D eigenvalue weighted by molar-refractivity contribution is 0.228. The number of halogens is 1. The molecule has 1 fully saturated rings. The average molecular weight is 519 g/mol. The second-order valence-electron chi connectivity index (χ2n) is 8.08. The Bertz CT molecular complexity index is 1340. The predicted octanol–water partition coefficient (Wildman–Crippen LogP) is 4.08. The standard InChI is InChI=1S/C24H27ClN4O5S/c1-4-22(28-12-8-5-9-13-28)35(31,32)21-14-16(19(33-2)15-20(21)34-3)23-26-27-24(30)29(23)18-11-7-6-10-17(18)25/h4,6-7,10-11,14-15,22H,1,5,8-9,12-13H2,2-3H3,(H,27,30). The van der Waals surface area contributed by atoms with E-state index < -0.39 is 21.2 Å². The van der Waals surface area contributed by atoms with Gasteiger partial charge in [-0.15, -0.1) is 11.7 Å². The van der Waals surface area contributed by atoms with Gasteiger partial charge in [-0.3, -0.25) is 4.90 Å². The van der Waals surface area contributed by atoms with Gasteiger partial charge in [-0.25, -0.2) is 13.0 Å². The van der Waals surface area contributed by atoms with E-state index >= 15 is 0 Å². The topological polar surface area (TPSA) is 107 Å². The normalized spacial score (nSPS) is 15.5. The molecule has 2 heterocycles. The summed E-state index contributed by atoms with van der Waals surface area (Å²) >= 11 is 6.37. The van der Waals surface area contributed by atoms with Crippen molar-refractivity contribution in [3.05, 3.63) is 54.1 Å². The highest BCUT2D eigenvalue weighted by atomic mass is 35.5. The first-order chi connectivity index (χ1) is 16.8. The molecule has 1 saturated heterocycles. The molecule has 1 aromatic heterocycles. The van der Waals surface area contributed by atoms with Crippen LogP contribution in [0, 0.1) is 0 Å². The van der Waals surface area contributed by atoms with Gasteiger partial charge in [0, 0.05) is 6.07 Å². The maximum absolute atomic E-state index is 13.9. The number of benzene rings is 2. The van der Waals surface area contributed by atoms with Crippen molar-refractivity contribution in [3.63, 3.8) is 0 Å². The molecule has 1 aliphatic rings. The Balaban J connectivity index is 1.92. The molecule has 1 aliphatic heterocycles.